The van der Waals surface area contributed by atoms with Crippen LogP contribution in [0.2, 0.25) is 0 Å². The Morgan fingerprint density at radius 3 is 2.76 bits per heavy atom. The van der Waals surface area contributed by atoms with Gasteiger partial charge in [0.05, 0.1) is 12.1 Å². The van der Waals surface area contributed by atoms with E-state index in [1.54, 1.807) is 19.2 Å². The van der Waals surface area contributed by atoms with Gasteiger partial charge in [0.25, 0.3) is 5.91 Å². The van der Waals surface area contributed by atoms with Crippen molar-refractivity contribution in [2.75, 3.05) is 24.2 Å². The third-order valence-corrected chi connectivity index (χ3v) is 6.45. The number of nitrogens with zero attached hydrogens (tertiary/aromatic N) is 3. The Hall–Kier alpha value is -2.19. The Balaban J connectivity index is 1.43. The van der Waals surface area contributed by atoms with Crippen LogP contribution in [0.3, 0.4) is 0 Å². The fourth-order valence-electron chi connectivity index (χ4n) is 4.50. The SMILES string of the molecule is CSc1nccc(N2C[C@H]3C[C@H](O)[C@@H](NC(=O)c4cc(C)cc(F)c4)C[C@H]3C2)n1. The number of rotatable bonds is 4. The Morgan fingerprint density at radius 1 is 1.28 bits per heavy atom. The van der Waals surface area contributed by atoms with Gasteiger partial charge in [-0.1, -0.05) is 11.8 Å². The maximum Gasteiger partial charge on any atom is 0.251 e. The van der Waals surface area contributed by atoms with E-state index in [2.05, 4.69) is 20.2 Å². The summed E-state index contributed by atoms with van der Waals surface area (Å²) < 4.78 is 13.6. The Bertz CT molecular complexity index is 892. The Labute approximate surface area is 173 Å². The third-order valence-electron chi connectivity index (χ3n) is 5.89. The molecule has 0 radical (unpaired) electrons. The molecule has 4 rings (SSSR count). The minimum atomic E-state index is -0.609. The number of benzene rings is 1. The number of aryl methyl sites for hydroxylation is 1. The molecule has 0 unspecified atom stereocenters. The summed E-state index contributed by atoms with van der Waals surface area (Å²) in [5.74, 6) is 0.864. The average Bonchev–Trinajstić information content (AvgIpc) is 3.10. The molecule has 2 aliphatic rings. The molecule has 1 aliphatic carbocycles. The van der Waals surface area contributed by atoms with E-state index >= 15 is 0 Å². The van der Waals surface area contributed by atoms with Crippen molar-refractivity contribution in [1.82, 2.24) is 15.3 Å². The standard InChI is InChI=1S/C21H25FN4O2S/c1-12-5-13(7-16(22)6-12)20(28)24-17-8-14-10-26(11-15(14)9-18(17)27)19-3-4-23-21(25-19)29-2/h3-7,14-15,17-18,27H,8-11H2,1-2H3,(H,24,28)/t14-,15+,17-,18-/m0/s1. The molecule has 8 heteroatoms. The molecular formula is C21H25FN4O2S. The molecule has 2 heterocycles. The molecule has 2 fully saturated rings. The number of halogens is 1. The van der Waals surface area contributed by atoms with E-state index in [0.717, 1.165) is 24.1 Å². The van der Waals surface area contributed by atoms with Gasteiger partial charge in [0.1, 0.15) is 11.6 Å². The number of hydrogen-bond acceptors (Lipinski definition) is 6. The van der Waals surface area contributed by atoms with Crippen LogP contribution in [-0.2, 0) is 0 Å². The summed E-state index contributed by atoms with van der Waals surface area (Å²) >= 11 is 1.51. The van der Waals surface area contributed by atoms with Crippen molar-refractivity contribution in [2.24, 2.45) is 11.8 Å². The number of nitrogens with one attached hydrogen (secondary N) is 1. The van der Waals surface area contributed by atoms with Crippen molar-refractivity contribution in [3.63, 3.8) is 0 Å². The molecule has 1 saturated carbocycles. The van der Waals surface area contributed by atoms with Crippen LogP contribution < -0.4 is 10.2 Å². The second-order valence-corrected chi connectivity index (χ2v) is 8.74. The number of anilines is 1. The molecule has 1 aliphatic heterocycles. The van der Waals surface area contributed by atoms with Gasteiger partial charge >= 0.3 is 0 Å². The first-order valence-electron chi connectivity index (χ1n) is 9.81. The summed E-state index contributed by atoms with van der Waals surface area (Å²) in [5, 5.41) is 14.3. The van der Waals surface area contributed by atoms with Gasteiger partial charge in [0.15, 0.2) is 5.16 Å². The summed E-state index contributed by atoms with van der Waals surface area (Å²) in [7, 11) is 0. The van der Waals surface area contributed by atoms with E-state index < -0.39 is 11.9 Å². The zero-order valence-corrected chi connectivity index (χ0v) is 17.3. The van der Waals surface area contributed by atoms with Gasteiger partial charge in [-0.15, -0.1) is 0 Å². The monoisotopic (exact) mass is 416 g/mol. The number of fused-ring (bicyclic) bond motifs is 1. The van der Waals surface area contributed by atoms with Crippen molar-refractivity contribution >= 4 is 23.5 Å². The predicted octanol–water partition coefficient (Wildman–Crippen LogP) is 2.65. The minimum Gasteiger partial charge on any atom is -0.391 e. The van der Waals surface area contributed by atoms with E-state index in [-0.39, 0.29) is 17.5 Å². The van der Waals surface area contributed by atoms with Crippen molar-refractivity contribution in [2.45, 2.75) is 37.1 Å². The highest BCUT2D eigenvalue weighted by atomic mass is 32.2. The number of aliphatic hydroxyl groups excluding tert-OH is 1. The summed E-state index contributed by atoms with van der Waals surface area (Å²) in [6.45, 7) is 3.44. The average molecular weight is 417 g/mol. The maximum absolute atomic E-state index is 13.6. The highest BCUT2D eigenvalue weighted by Gasteiger charge is 2.42. The first-order valence-corrected chi connectivity index (χ1v) is 11.0. The van der Waals surface area contributed by atoms with Gasteiger partial charge in [-0.3, -0.25) is 4.79 Å². The Kier molecular flexibility index (Phi) is 5.74. The zero-order chi connectivity index (χ0) is 20.5. The quantitative estimate of drug-likeness (QED) is 0.589. The largest absolute Gasteiger partial charge is 0.391 e. The summed E-state index contributed by atoms with van der Waals surface area (Å²) in [4.78, 5) is 23.6. The number of carbonyl (C=O) groups is 1. The van der Waals surface area contributed by atoms with Gasteiger partial charge in [0.2, 0.25) is 0 Å². The molecule has 29 heavy (non-hydrogen) atoms. The summed E-state index contributed by atoms with van der Waals surface area (Å²) in [6, 6.07) is 5.86. The van der Waals surface area contributed by atoms with Crippen LogP contribution in [0.4, 0.5) is 10.2 Å². The number of carbonyl (C=O) groups excluding carboxylic acids is 1. The molecular weight excluding hydrogens is 391 g/mol. The predicted molar refractivity (Wildman–Crippen MR) is 111 cm³/mol. The van der Waals surface area contributed by atoms with Crippen molar-refractivity contribution in [1.29, 1.82) is 0 Å². The first kappa shape index (κ1) is 20.1. The molecule has 4 atom stereocenters. The van der Waals surface area contributed by atoms with E-state index in [1.807, 2.05) is 12.3 Å². The molecule has 0 spiro atoms. The van der Waals surface area contributed by atoms with E-state index in [4.69, 9.17) is 0 Å². The fourth-order valence-corrected chi connectivity index (χ4v) is 4.85. The third kappa shape index (κ3) is 4.38. The number of aliphatic hydroxyl groups is 1. The van der Waals surface area contributed by atoms with Crippen molar-refractivity contribution < 1.29 is 14.3 Å². The topological polar surface area (TPSA) is 78.4 Å². The van der Waals surface area contributed by atoms with Crippen molar-refractivity contribution in [3.8, 4) is 0 Å². The molecule has 1 aromatic heterocycles. The number of aromatic nitrogens is 2. The lowest BCUT2D eigenvalue weighted by Gasteiger charge is -2.35. The second-order valence-electron chi connectivity index (χ2n) is 7.96. The van der Waals surface area contributed by atoms with Gasteiger partial charge < -0.3 is 15.3 Å². The number of thioether (sulfide) groups is 1. The van der Waals surface area contributed by atoms with E-state index in [0.29, 0.717) is 30.2 Å². The number of hydrogen-bond donors (Lipinski definition) is 2. The van der Waals surface area contributed by atoms with Gasteiger partial charge in [-0.25, -0.2) is 14.4 Å². The lowest BCUT2D eigenvalue weighted by Crippen LogP contribution is -2.49. The smallest absolute Gasteiger partial charge is 0.251 e. The van der Waals surface area contributed by atoms with E-state index in [1.165, 1.54) is 23.9 Å². The molecule has 2 aromatic rings. The van der Waals surface area contributed by atoms with Crippen LogP contribution in [0.15, 0.2) is 35.6 Å². The summed E-state index contributed by atoms with van der Waals surface area (Å²) in [5.41, 5.74) is 0.982. The second kappa shape index (κ2) is 8.28. The van der Waals surface area contributed by atoms with Gasteiger partial charge in [-0.05, 0) is 67.7 Å². The zero-order valence-electron chi connectivity index (χ0n) is 16.5. The maximum atomic E-state index is 13.6. The lowest BCUT2D eigenvalue weighted by molar-refractivity contribution is 0.0462. The van der Waals surface area contributed by atoms with Crippen LogP contribution in [-0.4, -0.2) is 52.5 Å². The van der Waals surface area contributed by atoms with Crippen LogP contribution in [0.5, 0.6) is 0 Å². The van der Waals surface area contributed by atoms with Crippen LogP contribution in [0.25, 0.3) is 0 Å². The molecule has 154 valence electrons. The van der Waals surface area contributed by atoms with Crippen LogP contribution >= 0.6 is 11.8 Å². The molecule has 0 bridgehead atoms. The van der Waals surface area contributed by atoms with Crippen molar-refractivity contribution in [3.05, 3.63) is 47.4 Å². The highest BCUT2D eigenvalue weighted by Crippen LogP contribution is 2.38. The molecule has 6 nitrogen and oxygen atoms in total. The van der Waals surface area contributed by atoms with E-state index in [9.17, 15) is 14.3 Å². The number of amides is 1. The molecule has 1 aromatic carbocycles. The molecule has 1 saturated heterocycles. The Morgan fingerprint density at radius 2 is 2.03 bits per heavy atom. The highest BCUT2D eigenvalue weighted by molar-refractivity contribution is 7.98. The summed E-state index contributed by atoms with van der Waals surface area (Å²) in [6.07, 6.45) is 4.45. The normalized spacial score (nSPS) is 26.3. The minimum absolute atomic E-state index is 0.287. The van der Waals surface area contributed by atoms with Gasteiger partial charge in [-0.2, -0.15) is 0 Å². The van der Waals surface area contributed by atoms with Gasteiger partial charge in [0, 0.05) is 24.8 Å². The molecule has 1 amide bonds. The lowest BCUT2D eigenvalue weighted by atomic mass is 9.77. The fraction of sp³-hybridized carbons (Fsp3) is 0.476. The first-order chi connectivity index (χ1) is 13.9. The van der Waals surface area contributed by atoms with Crippen LogP contribution in [0, 0.1) is 24.6 Å². The van der Waals surface area contributed by atoms with Crippen LogP contribution in [0.1, 0.15) is 28.8 Å². The molecule has 2 N–H and O–H groups in total.